The summed E-state index contributed by atoms with van der Waals surface area (Å²) in [5.41, 5.74) is 0.502. The molecular formula is C11H10N6O3. The SMILES string of the molecule is Cc1nn(-c2cc3n[nH]c(=O)n3c(C)n2)cc1C(=O)O. The number of nitrogens with zero attached hydrogens (tertiary/aromatic N) is 5. The number of hydrogen-bond acceptors (Lipinski definition) is 5. The third-order valence-electron chi connectivity index (χ3n) is 2.92. The van der Waals surface area contributed by atoms with Gasteiger partial charge in [0.2, 0.25) is 0 Å². The van der Waals surface area contributed by atoms with Gasteiger partial charge in [0.15, 0.2) is 11.5 Å². The molecule has 3 rings (SSSR count). The molecule has 9 nitrogen and oxygen atoms in total. The Morgan fingerprint density at radius 3 is 2.80 bits per heavy atom. The first-order valence-corrected chi connectivity index (χ1v) is 5.72. The van der Waals surface area contributed by atoms with Gasteiger partial charge in [-0.1, -0.05) is 0 Å². The maximum absolute atomic E-state index is 11.5. The second-order valence-electron chi connectivity index (χ2n) is 4.26. The number of H-pyrrole nitrogens is 1. The fourth-order valence-corrected chi connectivity index (χ4v) is 1.99. The van der Waals surface area contributed by atoms with E-state index >= 15 is 0 Å². The van der Waals surface area contributed by atoms with E-state index in [1.807, 2.05) is 0 Å². The summed E-state index contributed by atoms with van der Waals surface area (Å²) in [5.74, 6) is -0.228. The lowest BCUT2D eigenvalue weighted by molar-refractivity contribution is 0.0696. The predicted molar refractivity (Wildman–Crippen MR) is 67.2 cm³/mol. The number of aryl methyl sites for hydroxylation is 2. The third kappa shape index (κ3) is 1.67. The highest BCUT2D eigenvalue weighted by Gasteiger charge is 2.15. The lowest BCUT2D eigenvalue weighted by atomic mass is 10.3. The van der Waals surface area contributed by atoms with Crippen LogP contribution >= 0.6 is 0 Å². The van der Waals surface area contributed by atoms with Gasteiger partial charge in [-0.2, -0.15) is 10.2 Å². The van der Waals surface area contributed by atoms with Crippen molar-refractivity contribution < 1.29 is 9.90 Å². The average Bonchev–Trinajstić information content (AvgIpc) is 2.93. The zero-order valence-electron chi connectivity index (χ0n) is 10.7. The molecule has 3 aromatic rings. The molecule has 3 heterocycles. The van der Waals surface area contributed by atoms with Gasteiger partial charge in [-0.05, 0) is 13.8 Å². The van der Waals surface area contributed by atoms with Crippen LogP contribution < -0.4 is 5.69 Å². The first-order valence-electron chi connectivity index (χ1n) is 5.72. The molecule has 3 aromatic heterocycles. The zero-order valence-corrected chi connectivity index (χ0v) is 10.7. The minimum Gasteiger partial charge on any atom is -0.478 e. The van der Waals surface area contributed by atoms with Gasteiger partial charge >= 0.3 is 11.7 Å². The standard InChI is InChI=1S/C11H10N6O3/c1-5-7(10(18)19)4-16(15-5)8-3-9-13-14-11(20)17(9)6(2)12-8/h3-4H,1-2H3,(H,14,20)(H,18,19). The Morgan fingerprint density at radius 2 is 2.15 bits per heavy atom. The molecule has 0 saturated heterocycles. The number of nitrogens with one attached hydrogen (secondary N) is 1. The Kier molecular flexibility index (Phi) is 2.43. The fourth-order valence-electron chi connectivity index (χ4n) is 1.99. The first kappa shape index (κ1) is 12.1. The van der Waals surface area contributed by atoms with E-state index in [1.54, 1.807) is 19.9 Å². The molecule has 9 heteroatoms. The second-order valence-corrected chi connectivity index (χ2v) is 4.26. The van der Waals surface area contributed by atoms with Crippen LogP contribution in [0.2, 0.25) is 0 Å². The minimum atomic E-state index is -1.05. The molecular weight excluding hydrogens is 264 g/mol. The molecule has 20 heavy (non-hydrogen) atoms. The van der Waals surface area contributed by atoms with Gasteiger partial charge < -0.3 is 5.11 Å². The van der Waals surface area contributed by atoms with Gasteiger partial charge in [0, 0.05) is 12.3 Å². The summed E-state index contributed by atoms with van der Waals surface area (Å²) in [5, 5.41) is 19.3. The molecule has 0 unspecified atom stereocenters. The summed E-state index contributed by atoms with van der Waals surface area (Å²) >= 11 is 0. The van der Waals surface area contributed by atoms with E-state index in [2.05, 4.69) is 20.3 Å². The van der Waals surface area contributed by atoms with Gasteiger partial charge in [0.05, 0.1) is 5.69 Å². The Balaban J connectivity index is 2.22. The summed E-state index contributed by atoms with van der Waals surface area (Å²) in [4.78, 5) is 26.7. The van der Waals surface area contributed by atoms with Crippen LogP contribution in [-0.4, -0.2) is 40.4 Å². The van der Waals surface area contributed by atoms with Crippen molar-refractivity contribution in [3.63, 3.8) is 0 Å². The van der Waals surface area contributed by atoms with E-state index in [-0.39, 0.29) is 11.3 Å². The third-order valence-corrected chi connectivity index (χ3v) is 2.92. The number of carbonyl (C=O) groups is 1. The van der Waals surface area contributed by atoms with Gasteiger partial charge in [-0.15, -0.1) is 0 Å². The maximum atomic E-state index is 11.5. The number of rotatable bonds is 2. The van der Waals surface area contributed by atoms with Crippen molar-refractivity contribution in [3.05, 3.63) is 39.8 Å². The molecule has 0 amide bonds. The highest BCUT2D eigenvalue weighted by molar-refractivity contribution is 5.88. The lowest BCUT2D eigenvalue weighted by Crippen LogP contribution is -2.14. The lowest BCUT2D eigenvalue weighted by Gasteiger charge is -2.03. The highest BCUT2D eigenvalue weighted by Crippen LogP contribution is 2.12. The molecule has 0 fully saturated rings. The van der Waals surface area contributed by atoms with Crippen LogP contribution in [0, 0.1) is 13.8 Å². The van der Waals surface area contributed by atoms with Crippen LogP contribution in [0.4, 0.5) is 0 Å². The summed E-state index contributed by atoms with van der Waals surface area (Å²) < 4.78 is 2.67. The normalized spacial score (nSPS) is 11.1. The number of hydrogen-bond donors (Lipinski definition) is 2. The number of aromatic amines is 1. The molecule has 0 aliphatic heterocycles. The number of fused-ring (bicyclic) bond motifs is 1. The first-order chi connectivity index (χ1) is 9.47. The van der Waals surface area contributed by atoms with E-state index in [4.69, 9.17) is 5.11 Å². The van der Waals surface area contributed by atoms with Crippen LogP contribution in [0.25, 0.3) is 11.5 Å². The van der Waals surface area contributed by atoms with Crippen molar-refractivity contribution >= 4 is 11.6 Å². The summed E-state index contributed by atoms with van der Waals surface area (Å²) in [7, 11) is 0. The topological polar surface area (TPSA) is 118 Å². The Bertz CT molecular complexity index is 887. The quantitative estimate of drug-likeness (QED) is 0.674. The Hall–Kier alpha value is -2.97. The number of aromatic nitrogens is 6. The van der Waals surface area contributed by atoms with E-state index in [1.165, 1.54) is 15.3 Å². The van der Waals surface area contributed by atoms with Crippen molar-refractivity contribution in [2.24, 2.45) is 0 Å². The predicted octanol–water partition coefficient (Wildman–Crippen LogP) is -0.0817. The summed E-state index contributed by atoms with van der Waals surface area (Å²) in [6.07, 6.45) is 1.38. The van der Waals surface area contributed by atoms with Crippen LogP contribution in [0.15, 0.2) is 17.1 Å². The van der Waals surface area contributed by atoms with E-state index in [0.29, 0.717) is 23.0 Å². The average molecular weight is 274 g/mol. The van der Waals surface area contributed by atoms with E-state index in [0.717, 1.165) is 0 Å². The minimum absolute atomic E-state index is 0.101. The molecule has 0 bridgehead atoms. The molecule has 0 aromatic carbocycles. The van der Waals surface area contributed by atoms with Crippen molar-refractivity contribution in [2.75, 3.05) is 0 Å². The summed E-state index contributed by atoms with van der Waals surface area (Å²) in [6.45, 7) is 3.26. The van der Waals surface area contributed by atoms with Crippen molar-refractivity contribution in [2.45, 2.75) is 13.8 Å². The van der Waals surface area contributed by atoms with Crippen molar-refractivity contribution in [1.29, 1.82) is 0 Å². The molecule has 0 spiro atoms. The van der Waals surface area contributed by atoms with E-state index < -0.39 is 5.97 Å². The van der Waals surface area contributed by atoms with E-state index in [9.17, 15) is 9.59 Å². The fraction of sp³-hybridized carbons (Fsp3) is 0.182. The smallest absolute Gasteiger partial charge is 0.349 e. The van der Waals surface area contributed by atoms with Gasteiger partial charge in [-0.3, -0.25) is 0 Å². The molecule has 0 aliphatic carbocycles. The number of carboxylic acids is 1. The largest absolute Gasteiger partial charge is 0.478 e. The monoisotopic (exact) mass is 274 g/mol. The van der Waals surface area contributed by atoms with Crippen molar-refractivity contribution in [1.82, 2.24) is 29.4 Å². The van der Waals surface area contributed by atoms with Gasteiger partial charge in [-0.25, -0.2) is 28.8 Å². The molecule has 102 valence electrons. The van der Waals surface area contributed by atoms with Gasteiger partial charge in [0.1, 0.15) is 11.4 Å². The number of carboxylic acid groups (broad SMARTS) is 1. The molecule has 0 aliphatic rings. The van der Waals surface area contributed by atoms with Gasteiger partial charge in [0.25, 0.3) is 0 Å². The molecule has 0 saturated carbocycles. The molecule has 0 atom stereocenters. The van der Waals surface area contributed by atoms with Crippen molar-refractivity contribution in [3.8, 4) is 5.82 Å². The molecule has 0 radical (unpaired) electrons. The van der Waals surface area contributed by atoms with Crippen LogP contribution in [-0.2, 0) is 0 Å². The highest BCUT2D eigenvalue weighted by atomic mass is 16.4. The maximum Gasteiger partial charge on any atom is 0.349 e. The number of aromatic carboxylic acids is 1. The van der Waals surface area contributed by atoms with Crippen LogP contribution in [0.1, 0.15) is 21.9 Å². The summed E-state index contributed by atoms with van der Waals surface area (Å²) in [6, 6.07) is 1.54. The van der Waals surface area contributed by atoms with Crippen LogP contribution in [0.5, 0.6) is 0 Å². The van der Waals surface area contributed by atoms with Crippen LogP contribution in [0.3, 0.4) is 0 Å². The molecule has 2 N–H and O–H groups in total. The second kappa shape index (κ2) is 4.02. The Morgan fingerprint density at radius 1 is 1.40 bits per heavy atom. The Labute approximate surface area is 111 Å². The zero-order chi connectivity index (χ0) is 14.4.